The lowest BCUT2D eigenvalue weighted by Gasteiger charge is -2.42. The van der Waals surface area contributed by atoms with E-state index in [2.05, 4.69) is 5.32 Å². The Labute approximate surface area is 82.6 Å². The monoisotopic (exact) mass is 194 g/mol. The summed E-state index contributed by atoms with van der Waals surface area (Å²) in [7, 11) is 0. The SMILES string of the molecule is O=C1NC2(CC2)C(=O)N2CCCCC12. The molecule has 3 rings (SSSR count). The molecule has 3 aliphatic rings. The van der Waals surface area contributed by atoms with Crippen LogP contribution in [-0.4, -0.2) is 34.8 Å². The van der Waals surface area contributed by atoms with Gasteiger partial charge in [-0.1, -0.05) is 0 Å². The molecule has 76 valence electrons. The van der Waals surface area contributed by atoms with E-state index in [9.17, 15) is 9.59 Å². The second kappa shape index (κ2) is 2.49. The molecule has 0 bridgehead atoms. The quantitative estimate of drug-likeness (QED) is 0.591. The van der Waals surface area contributed by atoms with Crippen molar-refractivity contribution >= 4 is 11.8 Å². The maximum Gasteiger partial charge on any atom is 0.249 e. The van der Waals surface area contributed by atoms with Crippen LogP contribution in [0.25, 0.3) is 0 Å². The molecule has 0 aromatic heterocycles. The van der Waals surface area contributed by atoms with Crippen molar-refractivity contribution in [3.8, 4) is 0 Å². The van der Waals surface area contributed by atoms with E-state index in [-0.39, 0.29) is 17.9 Å². The highest BCUT2D eigenvalue weighted by Crippen LogP contribution is 2.41. The number of piperazine rings is 1. The Morgan fingerprint density at radius 3 is 2.79 bits per heavy atom. The smallest absolute Gasteiger partial charge is 0.249 e. The molecule has 4 heteroatoms. The van der Waals surface area contributed by atoms with Gasteiger partial charge in [0.25, 0.3) is 0 Å². The maximum atomic E-state index is 12.0. The van der Waals surface area contributed by atoms with Gasteiger partial charge in [0.2, 0.25) is 11.8 Å². The average Bonchev–Trinajstić information content (AvgIpc) is 2.96. The van der Waals surface area contributed by atoms with Gasteiger partial charge in [0.05, 0.1) is 0 Å². The number of carbonyl (C=O) groups excluding carboxylic acids is 2. The highest BCUT2D eigenvalue weighted by molar-refractivity contribution is 6.01. The predicted octanol–water partition coefficient (Wildman–Crippen LogP) is 0.0299. The Morgan fingerprint density at radius 2 is 2.07 bits per heavy atom. The third-order valence-electron chi connectivity index (χ3n) is 3.59. The second-order valence-electron chi connectivity index (χ2n) is 4.58. The maximum absolute atomic E-state index is 12.0. The van der Waals surface area contributed by atoms with Crippen LogP contribution in [0.4, 0.5) is 0 Å². The van der Waals surface area contributed by atoms with Gasteiger partial charge in [0.15, 0.2) is 0 Å². The zero-order valence-electron chi connectivity index (χ0n) is 8.08. The van der Waals surface area contributed by atoms with Gasteiger partial charge in [-0.25, -0.2) is 0 Å². The third-order valence-corrected chi connectivity index (χ3v) is 3.59. The van der Waals surface area contributed by atoms with Gasteiger partial charge in [0.1, 0.15) is 11.6 Å². The van der Waals surface area contributed by atoms with E-state index in [4.69, 9.17) is 0 Å². The van der Waals surface area contributed by atoms with E-state index in [0.717, 1.165) is 38.6 Å². The molecule has 2 amide bonds. The Bertz CT molecular complexity index is 309. The summed E-state index contributed by atoms with van der Waals surface area (Å²) in [5.74, 6) is 0.239. The zero-order valence-corrected chi connectivity index (χ0v) is 8.08. The highest BCUT2D eigenvalue weighted by atomic mass is 16.2. The van der Waals surface area contributed by atoms with Crippen molar-refractivity contribution in [1.29, 1.82) is 0 Å². The lowest BCUT2D eigenvalue weighted by Crippen LogP contribution is -2.65. The van der Waals surface area contributed by atoms with Crippen molar-refractivity contribution < 1.29 is 9.59 Å². The molecule has 14 heavy (non-hydrogen) atoms. The van der Waals surface area contributed by atoms with Crippen molar-refractivity contribution in [2.45, 2.75) is 43.7 Å². The first-order valence-corrected chi connectivity index (χ1v) is 5.36. The fourth-order valence-electron chi connectivity index (χ4n) is 2.56. The van der Waals surface area contributed by atoms with Crippen LogP contribution >= 0.6 is 0 Å². The number of nitrogens with zero attached hydrogens (tertiary/aromatic N) is 1. The van der Waals surface area contributed by atoms with Gasteiger partial charge in [-0.2, -0.15) is 0 Å². The molecular formula is C10H14N2O2. The number of piperidine rings is 1. The van der Waals surface area contributed by atoms with Crippen molar-refractivity contribution in [2.75, 3.05) is 6.54 Å². The Morgan fingerprint density at radius 1 is 1.29 bits per heavy atom. The molecule has 1 unspecified atom stereocenters. The summed E-state index contributed by atoms with van der Waals surface area (Å²) in [6.45, 7) is 0.776. The number of amides is 2. The summed E-state index contributed by atoms with van der Waals surface area (Å²) >= 11 is 0. The van der Waals surface area contributed by atoms with Gasteiger partial charge in [-0.05, 0) is 32.1 Å². The van der Waals surface area contributed by atoms with Gasteiger partial charge >= 0.3 is 0 Å². The van der Waals surface area contributed by atoms with E-state index in [1.54, 1.807) is 4.90 Å². The first-order chi connectivity index (χ1) is 6.73. The van der Waals surface area contributed by atoms with Crippen LogP contribution in [-0.2, 0) is 9.59 Å². The van der Waals surface area contributed by atoms with Gasteiger partial charge < -0.3 is 10.2 Å². The molecule has 1 aliphatic carbocycles. The van der Waals surface area contributed by atoms with Crippen molar-refractivity contribution in [3.63, 3.8) is 0 Å². The van der Waals surface area contributed by atoms with Crippen molar-refractivity contribution in [2.24, 2.45) is 0 Å². The molecular weight excluding hydrogens is 180 g/mol. The van der Waals surface area contributed by atoms with Gasteiger partial charge in [-0.3, -0.25) is 9.59 Å². The second-order valence-corrected chi connectivity index (χ2v) is 4.58. The van der Waals surface area contributed by atoms with E-state index in [0.29, 0.717) is 0 Å². The number of nitrogens with one attached hydrogen (secondary N) is 1. The summed E-state index contributed by atoms with van der Waals surface area (Å²) in [5, 5.41) is 2.89. The highest BCUT2D eigenvalue weighted by Gasteiger charge is 2.58. The number of hydrogen-bond donors (Lipinski definition) is 1. The predicted molar refractivity (Wildman–Crippen MR) is 49.5 cm³/mol. The summed E-state index contributed by atoms with van der Waals surface area (Å²) in [6, 6.07) is -0.164. The number of hydrogen-bond acceptors (Lipinski definition) is 2. The first kappa shape index (κ1) is 8.26. The number of carbonyl (C=O) groups is 2. The Hall–Kier alpha value is -1.06. The molecule has 1 spiro atoms. The van der Waals surface area contributed by atoms with Crippen LogP contribution in [0, 0.1) is 0 Å². The standard InChI is InChI=1S/C10H14N2O2/c13-8-7-3-1-2-6-12(7)9(14)10(11-8)4-5-10/h7H,1-6H2,(H,11,13). The largest absolute Gasteiger partial charge is 0.340 e. The van der Waals surface area contributed by atoms with Crippen molar-refractivity contribution in [1.82, 2.24) is 10.2 Å². The Balaban J connectivity index is 1.91. The van der Waals surface area contributed by atoms with E-state index >= 15 is 0 Å². The summed E-state index contributed by atoms with van der Waals surface area (Å²) in [5.41, 5.74) is -0.467. The molecule has 1 saturated carbocycles. The first-order valence-electron chi connectivity index (χ1n) is 5.36. The van der Waals surface area contributed by atoms with Crippen LogP contribution in [0.15, 0.2) is 0 Å². The van der Waals surface area contributed by atoms with Crippen LogP contribution < -0.4 is 5.32 Å². The van der Waals surface area contributed by atoms with Crippen LogP contribution in [0.5, 0.6) is 0 Å². The molecule has 1 N–H and O–H groups in total. The lowest BCUT2D eigenvalue weighted by atomic mass is 9.96. The molecule has 0 aromatic rings. The molecule has 0 radical (unpaired) electrons. The molecule has 0 aromatic carbocycles. The molecule has 2 aliphatic heterocycles. The van der Waals surface area contributed by atoms with Crippen LogP contribution in [0.1, 0.15) is 32.1 Å². The number of rotatable bonds is 0. The Kier molecular flexibility index (Phi) is 1.47. The van der Waals surface area contributed by atoms with Gasteiger partial charge in [-0.15, -0.1) is 0 Å². The third kappa shape index (κ3) is 0.938. The summed E-state index contributed by atoms with van der Waals surface area (Å²) in [4.78, 5) is 25.5. The minimum atomic E-state index is -0.467. The summed E-state index contributed by atoms with van der Waals surface area (Å²) < 4.78 is 0. The normalized spacial score (nSPS) is 34.0. The van der Waals surface area contributed by atoms with E-state index in [1.165, 1.54) is 0 Å². The van der Waals surface area contributed by atoms with E-state index < -0.39 is 5.54 Å². The molecule has 3 fully saturated rings. The fourth-order valence-corrected chi connectivity index (χ4v) is 2.56. The molecule has 2 heterocycles. The number of fused-ring (bicyclic) bond motifs is 1. The molecule has 4 nitrogen and oxygen atoms in total. The van der Waals surface area contributed by atoms with Crippen LogP contribution in [0.2, 0.25) is 0 Å². The fraction of sp³-hybridized carbons (Fsp3) is 0.800. The molecule has 2 saturated heterocycles. The molecule has 1 atom stereocenters. The van der Waals surface area contributed by atoms with Crippen molar-refractivity contribution in [3.05, 3.63) is 0 Å². The lowest BCUT2D eigenvalue weighted by molar-refractivity contribution is -0.152. The average molecular weight is 194 g/mol. The van der Waals surface area contributed by atoms with Gasteiger partial charge in [0, 0.05) is 6.54 Å². The summed E-state index contributed by atoms with van der Waals surface area (Å²) in [6.07, 6.45) is 4.62. The van der Waals surface area contributed by atoms with Crippen LogP contribution in [0.3, 0.4) is 0 Å². The topological polar surface area (TPSA) is 49.4 Å². The minimum Gasteiger partial charge on any atom is -0.340 e. The van der Waals surface area contributed by atoms with E-state index in [1.807, 2.05) is 0 Å². The minimum absolute atomic E-state index is 0.0711. The zero-order chi connectivity index (χ0) is 9.76.